The van der Waals surface area contributed by atoms with Gasteiger partial charge in [-0.2, -0.15) is 0 Å². The number of nitrogens with zero attached hydrogens (tertiary/aromatic N) is 3. The number of aromatic nitrogens is 2. The number of hydrogen-bond acceptors (Lipinski definition) is 5. The second kappa shape index (κ2) is 9.75. The first kappa shape index (κ1) is 24.0. The van der Waals surface area contributed by atoms with Crippen LogP contribution in [0.1, 0.15) is 77.9 Å². The number of hydrogen-bond donors (Lipinski definition) is 2. The number of carbonyl (C=O) groups is 1. The van der Waals surface area contributed by atoms with Crippen LogP contribution in [-0.2, 0) is 0 Å². The van der Waals surface area contributed by atoms with Gasteiger partial charge in [0.05, 0.1) is 28.5 Å². The number of carbonyl (C=O) groups excluding carboxylic acids is 1. The average molecular weight is 492 g/mol. The minimum Gasteiger partial charge on any atom is -0.369 e. The lowest BCUT2D eigenvalue weighted by Crippen LogP contribution is -2.33. The molecule has 1 saturated heterocycles. The highest BCUT2D eigenvalue weighted by Crippen LogP contribution is 2.43. The first-order valence-corrected chi connectivity index (χ1v) is 13.0. The van der Waals surface area contributed by atoms with E-state index in [0.29, 0.717) is 22.5 Å². The van der Waals surface area contributed by atoms with Crippen LogP contribution >= 0.6 is 11.6 Å². The molecule has 1 aliphatic heterocycles. The highest BCUT2D eigenvalue weighted by molar-refractivity contribution is 6.30. The van der Waals surface area contributed by atoms with Gasteiger partial charge in [0.1, 0.15) is 0 Å². The molecule has 2 N–H and O–H groups in total. The Morgan fingerprint density at radius 1 is 1.17 bits per heavy atom. The number of anilines is 1. The van der Waals surface area contributed by atoms with Gasteiger partial charge in [-0.05, 0) is 76.3 Å². The summed E-state index contributed by atoms with van der Waals surface area (Å²) in [6.45, 7) is 10.9. The first-order valence-electron chi connectivity index (χ1n) is 12.7. The smallest absolute Gasteiger partial charge is 0.255 e. The van der Waals surface area contributed by atoms with E-state index in [-0.39, 0.29) is 11.9 Å². The Balaban J connectivity index is 1.57. The summed E-state index contributed by atoms with van der Waals surface area (Å²) in [7, 11) is 0. The van der Waals surface area contributed by atoms with Gasteiger partial charge in [0, 0.05) is 53.9 Å². The van der Waals surface area contributed by atoms with Crippen LogP contribution in [0.25, 0.3) is 10.9 Å². The zero-order valence-electron chi connectivity index (χ0n) is 21.0. The lowest BCUT2D eigenvalue weighted by atomic mass is 10.0. The third-order valence-corrected chi connectivity index (χ3v) is 7.34. The van der Waals surface area contributed by atoms with Crippen LogP contribution in [0.2, 0.25) is 5.02 Å². The van der Waals surface area contributed by atoms with Crippen molar-refractivity contribution in [2.45, 2.75) is 65.0 Å². The maximum atomic E-state index is 13.7. The van der Waals surface area contributed by atoms with Gasteiger partial charge in [0.15, 0.2) is 0 Å². The molecular formula is C28H34ClN5O. The van der Waals surface area contributed by atoms with Crippen LogP contribution in [0.15, 0.2) is 30.5 Å². The molecular weight excluding hydrogens is 458 g/mol. The van der Waals surface area contributed by atoms with Crippen LogP contribution < -0.4 is 15.5 Å². The Bertz CT molecular complexity index is 1250. The number of fused-ring (bicyclic) bond motifs is 1. The summed E-state index contributed by atoms with van der Waals surface area (Å²) in [6, 6.07) is 8.27. The van der Waals surface area contributed by atoms with Gasteiger partial charge in [-0.3, -0.25) is 14.8 Å². The van der Waals surface area contributed by atoms with Gasteiger partial charge < -0.3 is 15.5 Å². The number of nitrogens with one attached hydrogen (secondary N) is 2. The van der Waals surface area contributed by atoms with Crippen molar-refractivity contribution in [2.24, 2.45) is 0 Å². The number of aryl methyl sites for hydroxylation is 2. The second-order valence-corrected chi connectivity index (χ2v) is 10.7. The van der Waals surface area contributed by atoms with Gasteiger partial charge in [-0.15, -0.1) is 0 Å². The minimum absolute atomic E-state index is 0.118. The zero-order valence-corrected chi connectivity index (χ0v) is 21.7. The quantitative estimate of drug-likeness (QED) is 0.496. The number of amides is 1. The van der Waals surface area contributed by atoms with Gasteiger partial charge in [-0.25, -0.2) is 0 Å². The lowest BCUT2D eigenvalue weighted by molar-refractivity contribution is 0.0940. The standard InChI is InChI=1S/C28H34ClN5O/c1-16-11-21(14-22(29)12-16)19(4)33-28(35)24-15-31-26-23(13-18(3)32-25(26)20-5-6-20)27(24)34-9-7-17(2)30-8-10-34/h11-15,17,19-20,30H,5-10H2,1-4H3,(H,33,35)/t17-,19-/m0/s1. The molecule has 1 amide bonds. The topological polar surface area (TPSA) is 70.2 Å². The van der Waals surface area contributed by atoms with Gasteiger partial charge >= 0.3 is 0 Å². The van der Waals surface area contributed by atoms with E-state index in [2.05, 4.69) is 34.6 Å². The van der Waals surface area contributed by atoms with Gasteiger partial charge in [0.25, 0.3) is 5.91 Å². The largest absolute Gasteiger partial charge is 0.369 e. The molecule has 0 unspecified atom stereocenters. The fourth-order valence-corrected chi connectivity index (χ4v) is 5.39. The molecule has 1 saturated carbocycles. The van der Waals surface area contributed by atoms with Crippen LogP contribution in [-0.4, -0.2) is 41.6 Å². The normalized spacial score (nSPS) is 19.5. The second-order valence-electron chi connectivity index (χ2n) is 10.2. The van der Waals surface area contributed by atoms with Gasteiger partial charge in [-0.1, -0.05) is 17.7 Å². The third kappa shape index (κ3) is 5.14. The summed E-state index contributed by atoms with van der Waals surface area (Å²) in [4.78, 5) is 25.8. The molecule has 184 valence electrons. The number of pyridine rings is 2. The Labute approximate surface area is 212 Å². The highest BCUT2D eigenvalue weighted by atomic mass is 35.5. The maximum Gasteiger partial charge on any atom is 0.255 e. The molecule has 1 aromatic carbocycles. The summed E-state index contributed by atoms with van der Waals surface area (Å²) in [6.07, 6.45) is 5.09. The molecule has 0 radical (unpaired) electrons. The molecule has 35 heavy (non-hydrogen) atoms. The van der Waals surface area contributed by atoms with Crippen LogP contribution in [0.3, 0.4) is 0 Å². The summed E-state index contributed by atoms with van der Waals surface area (Å²) in [5, 5.41) is 8.49. The average Bonchev–Trinajstić information content (AvgIpc) is 3.65. The van der Waals surface area contributed by atoms with E-state index in [1.165, 1.54) is 0 Å². The monoisotopic (exact) mass is 491 g/mol. The van der Waals surface area contributed by atoms with E-state index in [1.807, 2.05) is 32.9 Å². The summed E-state index contributed by atoms with van der Waals surface area (Å²) >= 11 is 6.29. The molecule has 7 heteroatoms. The van der Waals surface area contributed by atoms with E-state index < -0.39 is 0 Å². The third-order valence-electron chi connectivity index (χ3n) is 7.12. The van der Waals surface area contributed by atoms with Crippen LogP contribution in [0, 0.1) is 13.8 Å². The molecule has 0 bridgehead atoms. The van der Waals surface area contributed by atoms with Crippen LogP contribution in [0.5, 0.6) is 0 Å². The van der Waals surface area contributed by atoms with E-state index in [0.717, 1.165) is 78.0 Å². The Hall–Kier alpha value is -2.70. The molecule has 2 atom stereocenters. The van der Waals surface area contributed by atoms with E-state index in [1.54, 1.807) is 6.20 Å². The Kier molecular flexibility index (Phi) is 6.69. The van der Waals surface area contributed by atoms with Gasteiger partial charge in [0.2, 0.25) is 0 Å². The number of benzene rings is 1. The van der Waals surface area contributed by atoms with Crippen molar-refractivity contribution < 1.29 is 4.79 Å². The van der Waals surface area contributed by atoms with Crippen molar-refractivity contribution in [1.29, 1.82) is 0 Å². The van der Waals surface area contributed by atoms with Crippen molar-refractivity contribution >= 4 is 34.1 Å². The van der Waals surface area contributed by atoms with Crippen molar-refractivity contribution in [1.82, 2.24) is 20.6 Å². The highest BCUT2D eigenvalue weighted by Gasteiger charge is 2.30. The Morgan fingerprint density at radius 2 is 1.97 bits per heavy atom. The van der Waals surface area contributed by atoms with E-state index >= 15 is 0 Å². The van der Waals surface area contributed by atoms with E-state index in [9.17, 15) is 4.79 Å². The SMILES string of the molecule is Cc1cc(Cl)cc([C@H](C)NC(=O)c2cnc3c(C4CC4)nc(C)cc3c2N2CCN[C@@H](C)CC2)c1. The molecule has 6 nitrogen and oxygen atoms in total. The van der Waals surface area contributed by atoms with E-state index in [4.69, 9.17) is 21.6 Å². The predicted molar refractivity (Wildman–Crippen MR) is 143 cm³/mol. The van der Waals surface area contributed by atoms with Crippen molar-refractivity contribution in [2.75, 3.05) is 24.5 Å². The molecule has 3 aromatic rings. The first-order chi connectivity index (χ1) is 16.8. The molecule has 2 aromatic heterocycles. The fourth-order valence-electron chi connectivity index (χ4n) is 5.10. The molecule has 5 rings (SSSR count). The fraction of sp³-hybridized carbons (Fsp3) is 0.464. The molecule has 0 spiro atoms. The molecule has 3 heterocycles. The molecule has 1 aliphatic carbocycles. The number of halogens is 1. The summed E-state index contributed by atoms with van der Waals surface area (Å²) in [5.41, 5.74) is 6.65. The molecule has 2 aliphatic rings. The van der Waals surface area contributed by atoms with Crippen molar-refractivity contribution in [3.05, 3.63) is 63.6 Å². The summed E-state index contributed by atoms with van der Waals surface area (Å²) < 4.78 is 0. The molecule has 2 fully saturated rings. The zero-order chi connectivity index (χ0) is 24.7. The Morgan fingerprint density at radius 3 is 2.71 bits per heavy atom. The summed E-state index contributed by atoms with van der Waals surface area (Å²) in [5.74, 6) is 0.363. The number of rotatable bonds is 5. The minimum atomic E-state index is -0.185. The lowest BCUT2D eigenvalue weighted by Gasteiger charge is -2.27. The van der Waals surface area contributed by atoms with Crippen molar-refractivity contribution in [3.8, 4) is 0 Å². The predicted octanol–water partition coefficient (Wildman–Crippen LogP) is 5.46. The maximum absolute atomic E-state index is 13.7. The van der Waals surface area contributed by atoms with Crippen molar-refractivity contribution in [3.63, 3.8) is 0 Å². The van der Waals surface area contributed by atoms with Crippen LogP contribution in [0.4, 0.5) is 5.69 Å².